The van der Waals surface area contributed by atoms with Crippen LogP contribution in [0.2, 0.25) is 0 Å². The molecule has 0 radical (unpaired) electrons. The van der Waals surface area contributed by atoms with Crippen molar-refractivity contribution in [2.75, 3.05) is 0 Å². The Morgan fingerprint density at radius 1 is 1.04 bits per heavy atom. The Bertz CT molecular complexity index is 961. The Kier molecular flexibility index (Phi) is 3.12. The third kappa shape index (κ3) is 2.26. The van der Waals surface area contributed by atoms with Gasteiger partial charge in [-0.05, 0) is 17.7 Å². The van der Waals surface area contributed by atoms with Crippen LogP contribution in [-0.4, -0.2) is 15.8 Å². The lowest BCUT2D eigenvalue weighted by molar-refractivity contribution is 0.479. The van der Waals surface area contributed by atoms with E-state index in [1.54, 1.807) is 12.1 Å². The molecule has 0 saturated carbocycles. The van der Waals surface area contributed by atoms with Gasteiger partial charge >= 0.3 is 0 Å². The van der Waals surface area contributed by atoms with Crippen molar-refractivity contribution < 1.29 is 5.11 Å². The number of fused-ring (bicyclic) bond motifs is 1. The molecule has 2 heterocycles. The number of nitrogens with one attached hydrogen (secondary N) is 2. The Morgan fingerprint density at radius 2 is 1.78 bits per heavy atom. The molecule has 114 valence electrons. The molecule has 0 amide bonds. The second-order valence-electron chi connectivity index (χ2n) is 5.58. The first kappa shape index (κ1) is 13.6. The van der Waals surface area contributed by atoms with Gasteiger partial charge < -0.3 is 15.5 Å². The molecule has 2 aromatic carbocycles. The van der Waals surface area contributed by atoms with Crippen molar-refractivity contribution in [3.63, 3.8) is 0 Å². The van der Waals surface area contributed by atoms with E-state index < -0.39 is 0 Å². The van der Waals surface area contributed by atoms with E-state index in [1.807, 2.05) is 42.5 Å². The van der Waals surface area contributed by atoms with Crippen molar-refractivity contribution >= 4 is 16.6 Å². The highest BCUT2D eigenvalue weighted by molar-refractivity contribution is 6.07. The molecule has 4 rings (SSSR count). The van der Waals surface area contributed by atoms with Crippen molar-refractivity contribution in [3.05, 3.63) is 76.1 Å². The van der Waals surface area contributed by atoms with Gasteiger partial charge in [-0.25, -0.2) is 0 Å². The normalized spacial score (nSPS) is 17.0. The van der Waals surface area contributed by atoms with Gasteiger partial charge in [0.2, 0.25) is 0 Å². The van der Waals surface area contributed by atoms with E-state index in [-0.39, 0.29) is 22.9 Å². The monoisotopic (exact) mass is 305 g/mol. The molecule has 5 heteroatoms. The van der Waals surface area contributed by atoms with Crippen molar-refractivity contribution in [2.45, 2.75) is 12.5 Å². The lowest BCUT2D eigenvalue weighted by Gasteiger charge is -2.10. The summed E-state index contributed by atoms with van der Waals surface area (Å²) >= 11 is 0. The summed E-state index contributed by atoms with van der Waals surface area (Å²) in [6.07, 6.45) is 0.555. The van der Waals surface area contributed by atoms with Gasteiger partial charge in [-0.2, -0.15) is 5.10 Å². The van der Waals surface area contributed by atoms with Gasteiger partial charge in [0.1, 0.15) is 11.3 Å². The molecule has 0 unspecified atom stereocenters. The molecule has 1 aromatic heterocycles. The molecule has 0 fully saturated rings. The Balaban J connectivity index is 1.75. The average Bonchev–Trinajstić information content (AvgIpc) is 3.05. The number of aromatic hydroxyl groups is 1. The molecular formula is C18H15N3O2. The van der Waals surface area contributed by atoms with Gasteiger partial charge in [-0.15, -0.1) is 0 Å². The summed E-state index contributed by atoms with van der Waals surface area (Å²) in [5.41, 5.74) is 5.26. The molecule has 1 atom stereocenters. The van der Waals surface area contributed by atoms with Gasteiger partial charge in [0.15, 0.2) is 0 Å². The fourth-order valence-corrected chi connectivity index (χ4v) is 2.97. The Hall–Kier alpha value is -3.08. The fourth-order valence-electron chi connectivity index (χ4n) is 2.97. The number of rotatable bonds is 2. The van der Waals surface area contributed by atoms with Crippen LogP contribution in [0.5, 0.6) is 5.75 Å². The van der Waals surface area contributed by atoms with E-state index in [2.05, 4.69) is 15.5 Å². The number of aromatic amines is 1. The van der Waals surface area contributed by atoms with Crippen molar-refractivity contribution in [1.82, 2.24) is 10.4 Å². The van der Waals surface area contributed by atoms with Crippen LogP contribution >= 0.6 is 0 Å². The summed E-state index contributed by atoms with van der Waals surface area (Å²) in [4.78, 5) is 15.2. The first-order chi connectivity index (χ1) is 11.2. The molecule has 0 aliphatic carbocycles. The van der Waals surface area contributed by atoms with Crippen molar-refractivity contribution in [2.24, 2.45) is 5.10 Å². The first-order valence-corrected chi connectivity index (χ1v) is 7.45. The summed E-state index contributed by atoms with van der Waals surface area (Å²) < 4.78 is 0. The number of hydrazone groups is 1. The highest BCUT2D eigenvalue weighted by Crippen LogP contribution is 2.30. The molecule has 1 aliphatic rings. The fraction of sp³-hybridized carbons (Fsp3) is 0.111. The molecule has 3 N–H and O–H groups in total. The number of nitrogens with zero attached hydrogens (tertiary/aromatic N) is 1. The van der Waals surface area contributed by atoms with E-state index in [1.165, 1.54) is 0 Å². The molecular weight excluding hydrogens is 290 g/mol. The number of hydrogen-bond donors (Lipinski definition) is 3. The molecule has 1 aliphatic heterocycles. The minimum absolute atomic E-state index is 0.0106. The number of aromatic nitrogens is 1. The molecule has 0 spiro atoms. The summed E-state index contributed by atoms with van der Waals surface area (Å²) in [6, 6.07) is 17.1. The molecule has 0 saturated heterocycles. The van der Waals surface area contributed by atoms with E-state index in [0.717, 1.165) is 5.56 Å². The summed E-state index contributed by atoms with van der Waals surface area (Å²) in [6.45, 7) is 0. The van der Waals surface area contributed by atoms with Crippen LogP contribution in [-0.2, 0) is 0 Å². The zero-order valence-corrected chi connectivity index (χ0v) is 12.3. The van der Waals surface area contributed by atoms with Gasteiger partial charge in [-0.1, -0.05) is 42.5 Å². The average molecular weight is 305 g/mol. The second kappa shape index (κ2) is 5.28. The van der Waals surface area contributed by atoms with Crippen molar-refractivity contribution in [3.8, 4) is 5.75 Å². The smallest absolute Gasteiger partial charge is 0.261 e. The van der Waals surface area contributed by atoms with Crippen LogP contribution < -0.4 is 11.0 Å². The highest BCUT2D eigenvalue weighted by Gasteiger charge is 2.26. The van der Waals surface area contributed by atoms with Crippen LogP contribution in [0.25, 0.3) is 10.9 Å². The van der Waals surface area contributed by atoms with Crippen LogP contribution in [0.3, 0.4) is 0 Å². The second-order valence-corrected chi connectivity index (χ2v) is 5.58. The van der Waals surface area contributed by atoms with Crippen molar-refractivity contribution in [1.29, 1.82) is 0 Å². The van der Waals surface area contributed by atoms with E-state index in [0.29, 0.717) is 23.0 Å². The Labute approximate surface area is 132 Å². The van der Waals surface area contributed by atoms with Crippen LogP contribution in [0.1, 0.15) is 23.6 Å². The zero-order valence-electron chi connectivity index (χ0n) is 12.3. The number of hydrogen-bond acceptors (Lipinski definition) is 4. The van der Waals surface area contributed by atoms with Gasteiger partial charge in [0.25, 0.3) is 5.56 Å². The third-order valence-electron chi connectivity index (χ3n) is 4.14. The van der Waals surface area contributed by atoms with E-state index >= 15 is 0 Å². The van der Waals surface area contributed by atoms with Gasteiger partial charge in [-0.3, -0.25) is 4.79 Å². The van der Waals surface area contributed by atoms with Crippen LogP contribution in [0.15, 0.2) is 64.5 Å². The largest absolute Gasteiger partial charge is 0.506 e. The minimum Gasteiger partial charge on any atom is -0.506 e. The number of para-hydroxylation sites is 1. The maximum atomic E-state index is 12.4. The molecule has 5 nitrogen and oxygen atoms in total. The minimum atomic E-state index is -0.324. The summed E-state index contributed by atoms with van der Waals surface area (Å²) in [5.74, 6) is -0.0152. The molecule has 23 heavy (non-hydrogen) atoms. The highest BCUT2D eigenvalue weighted by atomic mass is 16.3. The standard InChI is InChI=1S/C18H15N3O2/c22-17-12-8-4-5-9-13(12)19-18(23)16(17)15-10-14(20-21-15)11-6-2-1-3-7-11/h1-9,14,20H,10H2,(H2,19,22,23)/t14-/m0/s1. The molecule has 3 aromatic rings. The number of H-pyrrole nitrogens is 1. The summed E-state index contributed by atoms with van der Waals surface area (Å²) in [5, 5.41) is 15.4. The number of benzene rings is 2. The predicted octanol–water partition coefficient (Wildman–Crippen LogP) is 2.67. The number of pyridine rings is 1. The van der Waals surface area contributed by atoms with Gasteiger partial charge in [0.05, 0.1) is 17.3 Å². The topological polar surface area (TPSA) is 77.5 Å². The Morgan fingerprint density at radius 3 is 2.61 bits per heavy atom. The van der Waals surface area contributed by atoms with E-state index in [4.69, 9.17) is 0 Å². The quantitative estimate of drug-likeness (QED) is 0.681. The third-order valence-corrected chi connectivity index (χ3v) is 4.14. The zero-order chi connectivity index (χ0) is 15.8. The maximum absolute atomic E-state index is 12.4. The lowest BCUT2D eigenvalue weighted by atomic mass is 9.98. The van der Waals surface area contributed by atoms with Crippen LogP contribution in [0.4, 0.5) is 0 Å². The predicted molar refractivity (Wildman–Crippen MR) is 89.7 cm³/mol. The van der Waals surface area contributed by atoms with Crippen LogP contribution in [0, 0.1) is 0 Å². The summed E-state index contributed by atoms with van der Waals surface area (Å²) in [7, 11) is 0. The van der Waals surface area contributed by atoms with E-state index in [9.17, 15) is 9.90 Å². The molecule has 0 bridgehead atoms. The van der Waals surface area contributed by atoms with Gasteiger partial charge in [0, 0.05) is 11.8 Å². The maximum Gasteiger partial charge on any atom is 0.261 e. The first-order valence-electron chi connectivity index (χ1n) is 7.45. The SMILES string of the molecule is O=c1[nH]c2ccccc2c(O)c1C1=NN[C@H](c2ccccc2)C1. The lowest BCUT2D eigenvalue weighted by Crippen LogP contribution is -2.18.